The molecule has 3 nitrogen and oxygen atoms in total. The van der Waals surface area contributed by atoms with Crippen molar-refractivity contribution in [3.05, 3.63) is 192 Å². The van der Waals surface area contributed by atoms with Gasteiger partial charge < -0.3 is 9.13 Å². The monoisotopic (exact) mass is 703 g/mol. The number of nitrogens with zero attached hydrogens (tertiary/aromatic N) is 3. The molecule has 3 heteroatoms. The fourth-order valence-corrected chi connectivity index (χ4v) is 10.1. The summed E-state index contributed by atoms with van der Waals surface area (Å²) in [7, 11) is 0. The normalized spacial score (nSPS) is 18.3. The molecule has 3 heterocycles. The van der Waals surface area contributed by atoms with E-state index < -0.39 is 0 Å². The molecule has 0 saturated heterocycles. The highest BCUT2D eigenvalue weighted by Gasteiger charge is 2.33. The molecule has 0 amide bonds. The maximum Gasteiger partial charge on any atom is 0.0566 e. The van der Waals surface area contributed by atoms with Crippen LogP contribution in [0.1, 0.15) is 53.5 Å². The van der Waals surface area contributed by atoms with Crippen molar-refractivity contribution in [2.75, 3.05) is 0 Å². The van der Waals surface area contributed by atoms with Crippen molar-refractivity contribution in [3.63, 3.8) is 0 Å². The van der Waals surface area contributed by atoms with Gasteiger partial charge in [0.05, 0.1) is 22.6 Å². The van der Waals surface area contributed by atoms with Crippen LogP contribution in [-0.4, -0.2) is 14.1 Å². The molecule has 260 valence electrons. The lowest BCUT2D eigenvalue weighted by Gasteiger charge is -2.26. The second-order valence-electron chi connectivity index (χ2n) is 15.3. The number of para-hydroxylation sites is 1. The van der Waals surface area contributed by atoms with Crippen LogP contribution < -0.4 is 0 Å². The van der Waals surface area contributed by atoms with Gasteiger partial charge in [-0.2, -0.15) is 0 Å². The van der Waals surface area contributed by atoms with Crippen molar-refractivity contribution in [2.45, 2.75) is 31.2 Å². The number of hydrogen-bond acceptors (Lipinski definition) is 1. The molecule has 0 bridgehead atoms. The predicted octanol–water partition coefficient (Wildman–Crippen LogP) is 13.4. The second kappa shape index (κ2) is 11.9. The summed E-state index contributed by atoms with van der Waals surface area (Å²) < 4.78 is 4.96. The Kier molecular flexibility index (Phi) is 6.65. The zero-order valence-corrected chi connectivity index (χ0v) is 30.4. The fourth-order valence-electron chi connectivity index (χ4n) is 10.1. The van der Waals surface area contributed by atoms with Crippen LogP contribution in [0, 0.1) is 0 Å². The van der Waals surface area contributed by atoms with Crippen molar-refractivity contribution in [1.29, 1.82) is 0 Å². The molecule has 12 rings (SSSR count). The van der Waals surface area contributed by atoms with E-state index in [2.05, 4.69) is 178 Å². The third-order valence-electron chi connectivity index (χ3n) is 12.5. The SMILES string of the molecule is C1=CCC=C(n2c3ccccc3c3cc(-c4ccc5c(c4)c4cnccc4n5C4C=CC=C(c5ccc6c7c5C=CCC7c5ccccc5-6)C4)ccc32)C=C1. The number of benzene rings is 5. The number of fused-ring (bicyclic) bond motifs is 9. The molecule has 0 aliphatic heterocycles. The predicted molar refractivity (Wildman–Crippen MR) is 231 cm³/mol. The lowest BCUT2D eigenvalue weighted by atomic mass is 9.81. The molecule has 3 aromatic heterocycles. The van der Waals surface area contributed by atoms with Gasteiger partial charge in [-0.1, -0.05) is 121 Å². The van der Waals surface area contributed by atoms with E-state index in [1.165, 1.54) is 99.4 Å². The molecule has 0 fully saturated rings. The van der Waals surface area contributed by atoms with E-state index in [9.17, 15) is 0 Å². The standard InChI is InChI=1S/C52H37N3/c1-2-4-13-36(12-3-1)54-48-20-8-7-17-41(48)45-30-33(21-25-49(45)54)34-22-26-50-46(31-34)47-32-53-28-27-51(47)55(50)37-14-9-11-35(29-37)38-23-24-44-40-16-6-5-15-39(40)43-19-10-18-42(38)52(43)44/h1-3,5-18,20-28,30-32,37,43H,4,19,29H2. The van der Waals surface area contributed by atoms with E-state index in [0.29, 0.717) is 5.92 Å². The van der Waals surface area contributed by atoms with Crippen molar-refractivity contribution in [2.24, 2.45) is 0 Å². The van der Waals surface area contributed by atoms with Gasteiger partial charge in [-0.05, 0) is 112 Å². The number of hydrogen-bond donors (Lipinski definition) is 0. The van der Waals surface area contributed by atoms with E-state index >= 15 is 0 Å². The van der Waals surface area contributed by atoms with Crippen molar-refractivity contribution < 1.29 is 0 Å². The van der Waals surface area contributed by atoms with Gasteiger partial charge in [-0.15, -0.1) is 0 Å². The lowest BCUT2D eigenvalue weighted by molar-refractivity contribution is 0.656. The molecule has 4 aliphatic rings. The molecule has 0 radical (unpaired) electrons. The molecule has 5 aromatic carbocycles. The van der Waals surface area contributed by atoms with Gasteiger partial charge in [0.1, 0.15) is 0 Å². The van der Waals surface area contributed by atoms with Crippen LogP contribution in [0.25, 0.3) is 83.2 Å². The minimum absolute atomic E-state index is 0.180. The molecule has 0 saturated carbocycles. The molecular formula is C52H37N3. The first-order valence-corrected chi connectivity index (χ1v) is 19.6. The van der Waals surface area contributed by atoms with Crippen LogP contribution in [0.5, 0.6) is 0 Å². The van der Waals surface area contributed by atoms with Gasteiger partial charge in [0, 0.05) is 51.1 Å². The Labute approximate surface area is 319 Å². The van der Waals surface area contributed by atoms with Crippen LogP contribution in [0.3, 0.4) is 0 Å². The van der Waals surface area contributed by atoms with E-state index in [-0.39, 0.29) is 6.04 Å². The van der Waals surface area contributed by atoms with Crippen LogP contribution in [-0.2, 0) is 0 Å². The molecule has 2 atom stereocenters. The van der Waals surface area contributed by atoms with Crippen molar-refractivity contribution in [3.8, 4) is 22.3 Å². The average Bonchev–Trinajstić information content (AvgIpc) is 3.77. The highest BCUT2D eigenvalue weighted by atomic mass is 15.0. The van der Waals surface area contributed by atoms with Gasteiger partial charge >= 0.3 is 0 Å². The molecule has 8 aromatic rings. The van der Waals surface area contributed by atoms with E-state index in [4.69, 9.17) is 0 Å². The lowest BCUT2D eigenvalue weighted by Crippen LogP contribution is -2.11. The Hall–Kier alpha value is -6.71. The van der Waals surface area contributed by atoms with Gasteiger partial charge in [-0.25, -0.2) is 0 Å². The highest BCUT2D eigenvalue weighted by Crippen LogP contribution is 2.52. The number of pyridine rings is 1. The minimum atomic E-state index is 0.180. The zero-order chi connectivity index (χ0) is 36.0. The quantitative estimate of drug-likeness (QED) is 0.179. The first-order chi connectivity index (χ1) is 27.3. The minimum Gasteiger partial charge on any atom is -0.333 e. The number of allylic oxidation sites excluding steroid dienone is 11. The van der Waals surface area contributed by atoms with E-state index in [0.717, 1.165) is 19.3 Å². The summed E-state index contributed by atoms with van der Waals surface area (Å²) in [5.41, 5.74) is 18.5. The maximum absolute atomic E-state index is 4.63. The van der Waals surface area contributed by atoms with E-state index in [1.807, 2.05) is 12.4 Å². The van der Waals surface area contributed by atoms with Gasteiger partial charge in [-0.3, -0.25) is 4.98 Å². The molecular weight excluding hydrogens is 667 g/mol. The number of rotatable bonds is 4. The van der Waals surface area contributed by atoms with E-state index in [1.54, 1.807) is 0 Å². The summed E-state index contributed by atoms with van der Waals surface area (Å²) in [6.07, 6.45) is 29.7. The van der Waals surface area contributed by atoms with Crippen LogP contribution in [0.4, 0.5) is 0 Å². The second-order valence-corrected chi connectivity index (χ2v) is 15.3. The third kappa shape index (κ3) is 4.53. The molecule has 55 heavy (non-hydrogen) atoms. The maximum atomic E-state index is 4.63. The van der Waals surface area contributed by atoms with Gasteiger partial charge in [0.15, 0.2) is 0 Å². The highest BCUT2D eigenvalue weighted by molar-refractivity contribution is 6.13. The van der Waals surface area contributed by atoms with Crippen LogP contribution in [0.15, 0.2) is 170 Å². The first kappa shape index (κ1) is 30.7. The molecule has 0 spiro atoms. The average molecular weight is 704 g/mol. The summed E-state index contributed by atoms with van der Waals surface area (Å²) in [4.78, 5) is 4.63. The Morgan fingerprint density at radius 1 is 0.618 bits per heavy atom. The summed E-state index contributed by atoms with van der Waals surface area (Å²) in [5, 5.41) is 4.98. The Balaban J connectivity index is 0.945. The number of aromatic nitrogens is 3. The van der Waals surface area contributed by atoms with Gasteiger partial charge in [0.2, 0.25) is 0 Å². The van der Waals surface area contributed by atoms with Crippen molar-refractivity contribution in [1.82, 2.24) is 14.1 Å². The van der Waals surface area contributed by atoms with Crippen LogP contribution >= 0.6 is 0 Å². The molecule has 4 aliphatic carbocycles. The Morgan fingerprint density at radius 2 is 1.42 bits per heavy atom. The Morgan fingerprint density at radius 3 is 2.36 bits per heavy atom. The largest absolute Gasteiger partial charge is 0.333 e. The van der Waals surface area contributed by atoms with Gasteiger partial charge in [0.25, 0.3) is 0 Å². The summed E-state index contributed by atoms with van der Waals surface area (Å²) >= 11 is 0. The van der Waals surface area contributed by atoms with Crippen LogP contribution in [0.2, 0.25) is 0 Å². The third-order valence-corrected chi connectivity index (χ3v) is 12.5. The molecule has 2 unspecified atom stereocenters. The fraction of sp³-hybridized carbons (Fsp3) is 0.0962. The molecule has 0 N–H and O–H groups in total. The topological polar surface area (TPSA) is 22.8 Å². The summed E-state index contributed by atoms with van der Waals surface area (Å²) in [6.45, 7) is 0. The Bertz CT molecular complexity index is 3130. The van der Waals surface area contributed by atoms with Crippen molar-refractivity contribution >= 4 is 61.0 Å². The summed E-state index contributed by atoms with van der Waals surface area (Å²) in [6, 6.07) is 38.9. The first-order valence-electron chi connectivity index (χ1n) is 19.6. The smallest absolute Gasteiger partial charge is 0.0566 e. The zero-order valence-electron chi connectivity index (χ0n) is 30.4. The summed E-state index contributed by atoms with van der Waals surface area (Å²) in [5.74, 6) is 0.452.